The monoisotopic (exact) mass is 330 g/mol. The second-order valence-electron chi connectivity index (χ2n) is 5.70. The Bertz CT molecular complexity index is 680. The molecule has 2 amide bonds. The molecular formula is C18H22N2O4. The molecule has 1 heterocycles. The Kier molecular flexibility index (Phi) is 6.01. The molecule has 0 aliphatic carbocycles. The molecular weight excluding hydrogens is 308 g/mol. The van der Waals surface area contributed by atoms with Gasteiger partial charge in [-0.2, -0.15) is 0 Å². The van der Waals surface area contributed by atoms with E-state index in [4.69, 9.17) is 9.15 Å². The quantitative estimate of drug-likeness (QED) is 0.817. The number of carbonyl (C=O) groups is 2. The Morgan fingerprint density at radius 2 is 1.92 bits per heavy atom. The molecule has 0 aliphatic rings. The number of hydrogen-bond acceptors (Lipinski definition) is 4. The van der Waals surface area contributed by atoms with Gasteiger partial charge in [-0.25, -0.2) is 0 Å². The highest BCUT2D eigenvalue weighted by Gasteiger charge is 2.25. The van der Waals surface area contributed by atoms with Crippen molar-refractivity contribution in [2.24, 2.45) is 5.92 Å². The van der Waals surface area contributed by atoms with Gasteiger partial charge in [0, 0.05) is 12.1 Å². The molecule has 6 heteroatoms. The summed E-state index contributed by atoms with van der Waals surface area (Å²) in [5.41, 5.74) is 0.869. The lowest BCUT2D eigenvalue weighted by Gasteiger charge is -2.21. The van der Waals surface area contributed by atoms with Gasteiger partial charge in [-0.15, -0.1) is 0 Å². The van der Waals surface area contributed by atoms with Crippen LogP contribution in [0, 0.1) is 5.92 Å². The normalized spacial score (nSPS) is 11.8. The zero-order valence-corrected chi connectivity index (χ0v) is 14.0. The summed E-state index contributed by atoms with van der Waals surface area (Å²) in [7, 11) is 1.58. The van der Waals surface area contributed by atoms with Crippen molar-refractivity contribution in [1.82, 2.24) is 10.6 Å². The lowest BCUT2D eigenvalue weighted by Crippen LogP contribution is -2.49. The van der Waals surface area contributed by atoms with Crippen molar-refractivity contribution in [1.29, 1.82) is 0 Å². The summed E-state index contributed by atoms with van der Waals surface area (Å²) in [6.45, 7) is 4.06. The molecule has 1 atom stereocenters. The molecule has 0 radical (unpaired) electrons. The van der Waals surface area contributed by atoms with E-state index in [1.807, 2.05) is 38.1 Å². The zero-order chi connectivity index (χ0) is 17.5. The fraction of sp³-hybridized carbons (Fsp3) is 0.333. The van der Waals surface area contributed by atoms with Crippen LogP contribution in [0.2, 0.25) is 0 Å². The predicted octanol–water partition coefficient (Wildman–Crippen LogP) is 2.36. The summed E-state index contributed by atoms with van der Waals surface area (Å²) < 4.78 is 10.3. The minimum absolute atomic E-state index is 0.0680. The van der Waals surface area contributed by atoms with Gasteiger partial charge >= 0.3 is 0 Å². The highest BCUT2D eigenvalue weighted by atomic mass is 16.5. The number of para-hydroxylation sites is 1. The predicted molar refractivity (Wildman–Crippen MR) is 89.6 cm³/mol. The van der Waals surface area contributed by atoms with Crippen molar-refractivity contribution < 1.29 is 18.7 Å². The summed E-state index contributed by atoms with van der Waals surface area (Å²) in [6.07, 6.45) is 1.42. The Morgan fingerprint density at radius 1 is 1.17 bits per heavy atom. The van der Waals surface area contributed by atoms with E-state index in [0.29, 0.717) is 12.3 Å². The molecule has 2 rings (SSSR count). The summed E-state index contributed by atoms with van der Waals surface area (Å²) in [5, 5.41) is 5.55. The van der Waals surface area contributed by atoms with Gasteiger partial charge < -0.3 is 19.8 Å². The largest absolute Gasteiger partial charge is 0.496 e. The second-order valence-corrected chi connectivity index (χ2v) is 5.70. The van der Waals surface area contributed by atoms with E-state index < -0.39 is 11.9 Å². The first-order valence-corrected chi connectivity index (χ1v) is 7.77. The topological polar surface area (TPSA) is 80.6 Å². The number of furan rings is 1. The standard InChI is InChI=1S/C18H22N2O4/c1-12(2)16(20-17(21)15-9-6-10-24-15)18(22)19-11-13-7-4-5-8-14(13)23-3/h4-10,12,16H,11H2,1-3H3,(H,19,22)(H,20,21). The second kappa shape index (κ2) is 8.19. The molecule has 0 aliphatic heterocycles. The molecule has 6 nitrogen and oxygen atoms in total. The van der Waals surface area contributed by atoms with Crippen LogP contribution in [0.15, 0.2) is 47.1 Å². The highest BCUT2D eigenvalue weighted by Crippen LogP contribution is 2.17. The number of benzene rings is 1. The summed E-state index contributed by atoms with van der Waals surface area (Å²) >= 11 is 0. The van der Waals surface area contributed by atoms with Crippen LogP contribution in [0.5, 0.6) is 5.75 Å². The van der Waals surface area contributed by atoms with Gasteiger partial charge in [-0.1, -0.05) is 32.0 Å². The van der Waals surface area contributed by atoms with Crippen LogP contribution in [0.3, 0.4) is 0 Å². The minimum atomic E-state index is -0.655. The Hall–Kier alpha value is -2.76. The molecule has 1 aromatic heterocycles. The van der Waals surface area contributed by atoms with Gasteiger partial charge in [-0.05, 0) is 24.1 Å². The SMILES string of the molecule is COc1ccccc1CNC(=O)C(NC(=O)c1ccco1)C(C)C. The van der Waals surface area contributed by atoms with Gasteiger partial charge in [0.1, 0.15) is 11.8 Å². The van der Waals surface area contributed by atoms with E-state index in [2.05, 4.69) is 10.6 Å². The van der Waals surface area contributed by atoms with Crippen molar-refractivity contribution in [2.45, 2.75) is 26.4 Å². The number of nitrogens with one attached hydrogen (secondary N) is 2. The number of amides is 2. The Balaban J connectivity index is 2.00. The molecule has 128 valence electrons. The van der Waals surface area contributed by atoms with Gasteiger partial charge in [0.15, 0.2) is 5.76 Å². The van der Waals surface area contributed by atoms with E-state index in [0.717, 1.165) is 5.56 Å². The summed E-state index contributed by atoms with van der Waals surface area (Å²) in [4.78, 5) is 24.6. The Labute approximate surface area is 141 Å². The van der Waals surface area contributed by atoms with E-state index in [-0.39, 0.29) is 17.6 Å². The number of rotatable bonds is 7. The first kappa shape index (κ1) is 17.6. The maximum atomic E-state index is 12.5. The van der Waals surface area contributed by atoms with Crippen LogP contribution < -0.4 is 15.4 Å². The molecule has 0 fully saturated rings. The van der Waals surface area contributed by atoms with E-state index in [9.17, 15) is 9.59 Å². The van der Waals surface area contributed by atoms with Crippen LogP contribution in [-0.2, 0) is 11.3 Å². The molecule has 0 saturated heterocycles. The van der Waals surface area contributed by atoms with Gasteiger partial charge in [0.05, 0.1) is 13.4 Å². The number of methoxy groups -OCH3 is 1. The van der Waals surface area contributed by atoms with Gasteiger partial charge in [0.25, 0.3) is 5.91 Å². The molecule has 0 spiro atoms. The number of ether oxygens (including phenoxy) is 1. The van der Waals surface area contributed by atoms with Crippen LogP contribution in [-0.4, -0.2) is 25.0 Å². The van der Waals surface area contributed by atoms with Crippen molar-refractivity contribution in [3.63, 3.8) is 0 Å². The van der Waals surface area contributed by atoms with Crippen molar-refractivity contribution >= 4 is 11.8 Å². The van der Waals surface area contributed by atoms with E-state index >= 15 is 0 Å². The van der Waals surface area contributed by atoms with Crippen LogP contribution in [0.25, 0.3) is 0 Å². The fourth-order valence-electron chi connectivity index (χ4n) is 2.30. The summed E-state index contributed by atoms with van der Waals surface area (Å²) in [5.74, 6) is 0.153. The van der Waals surface area contributed by atoms with Crippen molar-refractivity contribution in [2.75, 3.05) is 7.11 Å². The van der Waals surface area contributed by atoms with Gasteiger partial charge in [-0.3, -0.25) is 9.59 Å². The minimum Gasteiger partial charge on any atom is -0.496 e. The highest BCUT2D eigenvalue weighted by molar-refractivity contribution is 5.95. The van der Waals surface area contributed by atoms with Gasteiger partial charge in [0.2, 0.25) is 5.91 Å². The van der Waals surface area contributed by atoms with Crippen molar-refractivity contribution in [3.8, 4) is 5.75 Å². The smallest absolute Gasteiger partial charge is 0.287 e. The fourth-order valence-corrected chi connectivity index (χ4v) is 2.30. The van der Waals surface area contributed by atoms with E-state index in [1.54, 1.807) is 19.2 Å². The van der Waals surface area contributed by atoms with Crippen LogP contribution in [0.1, 0.15) is 30.0 Å². The molecule has 0 saturated carbocycles. The average molecular weight is 330 g/mol. The molecule has 1 unspecified atom stereocenters. The lowest BCUT2D eigenvalue weighted by atomic mass is 10.0. The maximum Gasteiger partial charge on any atom is 0.287 e. The molecule has 2 aromatic rings. The summed E-state index contributed by atoms with van der Waals surface area (Å²) in [6, 6.07) is 9.98. The number of carbonyl (C=O) groups excluding carboxylic acids is 2. The first-order valence-electron chi connectivity index (χ1n) is 7.77. The van der Waals surface area contributed by atoms with E-state index in [1.165, 1.54) is 6.26 Å². The molecule has 24 heavy (non-hydrogen) atoms. The van der Waals surface area contributed by atoms with Crippen LogP contribution >= 0.6 is 0 Å². The van der Waals surface area contributed by atoms with Crippen LogP contribution in [0.4, 0.5) is 0 Å². The molecule has 1 aromatic carbocycles. The third-order valence-electron chi connectivity index (χ3n) is 3.63. The number of hydrogen-bond donors (Lipinski definition) is 2. The Morgan fingerprint density at radius 3 is 2.54 bits per heavy atom. The third-order valence-corrected chi connectivity index (χ3v) is 3.63. The lowest BCUT2D eigenvalue weighted by molar-refractivity contribution is -0.124. The first-order chi connectivity index (χ1) is 11.5. The average Bonchev–Trinajstić information content (AvgIpc) is 3.12. The molecule has 0 bridgehead atoms. The zero-order valence-electron chi connectivity index (χ0n) is 14.0. The molecule has 2 N–H and O–H groups in total. The third kappa shape index (κ3) is 4.38. The maximum absolute atomic E-state index is 12.5. The van der Waals surface area contributed by atoms with Crippen molar-refractivity contribution in [3.05, 3.63) is 54.0 Å².